The molecule has 5 nitrogen and oxygen atoms in total. The second kappa shape index (κ2) is 7.45. The number of nitrogens with one attached hydrogen (secondary N) is 1. The maximum Gasteiger partial charge on any atom is 0.253 e. The number of nitrogens with zero attached hydrogens (tertiary/aromatic N) is 3. The lowest BCUT2D eigenvalue weighted by molar-refractivity contribution is -0.00545. The van der Waals surface area contributed by atoms with Crippen LogP contribution in [-0.4, -0.2) is 35.3 Å². The molecule has 1 aliphatic heterocycles. The number of pyridine rings is 2. The van der Waals surface area contributed by atoms with E-state index < -0.39 is 29.2 Å². The van der Waals surface area contributed by atoms with Gasteiger partial charge in [0.25, 0.3) is 11.9 Å². The standard InChI is InChI=1S/C17H18F4N4O/c1-9-7-25(8-10(2)26-9)12-4-3-11(5-22-12)6-23-15-13(18)16(20)24-17(21)14(15)19/h3-5,9-10H,6-8H2,1-2H3,(H,23,24). The molecule has 26 heavy (non-hydrogen) atoms. The fourth-order valence-corrected chi connectivity index (χ4v) is 2.91. The lowest BCUT2D eigenvalue weighted by atomic mass is 10.2. The van der Waals surface area contributed by atoms with Crippen molar-refractivity contribution in [2.24, 2.45) is 0 Å². The zero-order chi connectivity index (χ0) is 18.8. The first-order valence-electron chi connectivity index (χ1n) is 8.14. The molecule has 0 bridgehead atoms. The predicted octanol–water partition coefficient (Wildman–Crippen LogP) is 3.26. The quantitative estimate of drug-likeness (QED) is 0.661. The summed E-state index contributed by atoms with van der Waals surface area (Å²) in [6.45, 7) is 5.33. The van der Waals surface area contributed by atoms with E-state index in [-0.39, 0.29) is 18.8 Å². The lowest BCUT2D eigenvalue weighted by Gasteiger charge is -2.36. The smallest absolute Gasteiger partial charge is 0.253 e. The van der Waals surface area contributed by atoms with E-state index in [1.54, 1.807) is 12.1 Å². The summed E-state index contributed by atoms with van der Waals surface area (Å²) in [5.74, 6) is -5.77. The van der Waals surface area contributed by atoms with Crippen LogP contribution in [0.25, 0.3) is 0 Å². The minimum absolute atomic E-state index is 0.0556. The zero-order valence-corrected chi connectivity index (χ0v) is 14.3. The summed E-state index contributed by atoms with van der Waals surface area (Å²) in [6.07, 6.45) is 1.71. The third kappa shape index (κ3) is 3.87. The van der Waals surface area contributed by atoms with E-state index in [1.165, 1.54) is 6.20 Å². The SMILES string of the molecule is CC1CN(c2ccc(CNc3c(F)c(F)nc(F)c3F)cn2)CC(C)O1. The molecule has 2 aromatic rings. The summed E-state index contributed by atoms with van der Waals surface area (Å²) < 4.78 is 59.1. The number of hydrogen-bond acceptors (Lipinski definition) is 5. The van der Waals surface area contributed by atoms with Crippen molar-refractivity contribution in [3.05, 3.63) is 47.4 Å². The third-order valence-electron chi connectivity index (χ3n) is 4.02. The van der Waals surface area contributed by atoms with Crippen molar-refractivity contribution >= 4 is 11.5 Å². The molecule has 2 unspecified atom stereocenters. The van der Waals surface area contributed by atoms with E-state index in [2.05, 4.69) is 20.2 Å². The van der Waals surface area contributed by atoms with E-state index in [0.29, 0.717) is 18.7 Å². The van der Waals surface area contributed by atoms with Crippen LogP contribution in [0.15, 0.2) is 18.3 Å². The highest BCUT2D eigenvalue weighted by Gasteiger charge is 2.23. The van der Waals surface area contributed by atoms with E-state index in [1.807, 2.05) is 13.8 Å². The number of morpholine rings is 1. The Morgan fingerprint density at radius 1 is 1.08 bits per heavy atom. The Labute approximate surface area is 148 Å². The molecule has 1 saturated heterocycles. The molecule has 3 rings (SSSR count). The molecule has 0 radical (unpaired) electrons. The van der Waals surface area contributed by atoms with Crippen LogP contribution in [0.2, 0.25) is 0 Å². The maximum atomic E-state index is 13.6. The highest BCUT2D eigenvalue weighted by molar-refractivity contribution is 5.46. The van der Waals surface area contributed by atoms with Crippen LogP contribution in [0.5, 0.6) is 0 Å². The van der Waals surface area contributed by atoms with E-state index >= 15 is 0 Å². The van der Waals surface area contributed by atoms with Crippen molar-refractivity contribution < 1.29 is 22.3 Å². The molecule has 2 aromatic heterocycles. The molecule has 0 amide bonds. The van der Waals surface area contributed by atoms with Crippen LogP contribution >= 0.6 is 0 Å². The van der Waals surface area contributed by atoms with Crippen molar-refractivity contribution in [1.82, 2.24) is 9.97 Å². The average Bonchev–Trinajstić information content (AvgIpc) is 2.60. The van der Waals surface area contributed by atoms with E-state index in [9.17, 15) is 17.6 Å². The Hall–Kier alpha value is -2.42. The third-order valence-corrected chi connectivity index (χ3v) is 4.02. The van der Waals surface area contributed by atoms with Crippen LogP contribution in [0.1, 0.15) is 19.4 Å². The van der Waals surface area contributed by atoms with Gasteiger partial charge in [0.05, 0.1) is 12.2 Å². The summed E-state index contributed by atoms with van der Waals surface area (Å²) in [7, 11) is 0. The first kappa shape index (κ1) is 18.4. The Bertz CT molecular complexity index is 751. The second-order valence-corrected chi connectivity index (χ2v) is 6.24. The minimum atomic E-state index is -1.70. The van der Waals surface area contributed by atoms with Gasteiger partial charge in [-0.05, 0) is 25.5 Å². The lowest BCUT2D eigenvalue weighted by Crippen LogP contribution is -2.45. The van der Waals surface area contributed by atoms with Crippen LogP contribution in [0.4, 0.5) is 29.1 Å². The minimum Gasteiger partial charge on any atom is -0.376 e. The Balaban J connectivity index is 1.69. The van der Waals surface area contributed by atoms with Gasteiger partial charge in [0.15, 0.2) is 0 Å². The van der Waals surface area contributed by atoms with Gasteiger partial charge in [-0.1, -0.05) is 6.07 Å². The van der Waals surface area contributed by atoms with Crippen molar-refractivity contribution in [1.29, 1.82) is 0 Å². The Morgan fingerprint density at radius 2 is 1.69 bits per heavy atom. The van der Waals surface area contributed by atoms with Gasteiger partial charge >= 0.3 is 0 Å². The molecule has 2 atom stereocenters. The van der Waals surface area contributed by atoms with Crippen molar-refractivity contribution in [2.75, 3.05) is 23.3 Å². The zero-order valence-electron chi connectivity index (χ0n) is 14.3. The van der Waals surface area contributed by atoms with Crippen LogP contribution in [0.3, 0.4) is 0 Å². The number of aromatic nitrogens is 2. The van der Waals surface area contributed by atoms with Gasteiger partial charge in [-0.3, -0.25) is 0 Å². The average molecular weight is 370 g/mol. The molecule has 0 aromatic carbocycles. The van der Waals surface area contributed by atoms with Gasteiger partial charge in [-0.25, -0.2) is 4.98 Å². The number of halogens is 4. The molecule has 140 valence electrons. The summed E-state index contributed by atoms with van der Waals surface area (Å²) in [5, 5.41) is 2.35. The molecule has 1 fully saturated rings. The van der Waals surface area contributed by atoms with Crippen molar-refractivity contribution in [3.8, 4) is 0 Å². The maximum absolute atomic E-state index is 13.6. The van der Waals surface area contributed by atoms with Crippen molar-refractivity contribution in [3.63, 3.8) is 0 Å². The fourth-order valence-electron chi connectivity index (χ4n) is 2.91. The number of ether oxygens (including phenoxy) is 1. The van der Waals surface area contributed by atoms with Crippen molar-refractivity contribution in [2.45, 2.75) is 32.6 Å². The summed E-state index contributed by atoms with van der Waals surface area (Å²) in [6, 6.07) is 3.51. The predicted molar refractivity (Wildman–Crippen MR) is 87.9 cm³/mol. The first-order valence-corrected chi connectivity index (χ1v) is 8.14. The van der Waals surface area contributed by atoms with Gasteiger partial charge in [0, 0.05) is 25.8 Å². The number of hydrogen-bond donors (Lipinski definition) is 1. The second-order valence-electron chi connectivity index (χ2n) is 6.24. The Morgan fingerprint density at radius 3 is 2.23 bits per heavy atom. The molecule has 0 aliphatic carbocycles. The topological polar surface area (TPSA) is 50.3 Å². The van der Waals surface area contributed by atoms with E-state index in [0.717, 1.165) is 5.82 Å². The first-order chi connectivity index (χ1) is 12.3. The Kier molecular flexibility index (Phi) is 5.26. The summed E-state index contributed by atoms with van der Waals surface area (Å²) >= 11 is 0. The molecule has 0 saturated carbocycles. The fraction of sp³-hybridized carbons (Fsp3) is 0.412. The molecule has 1 aliphatic rings. The van der Waals surface area contributed by atoms with Gasteiger partial charge in [0.2, 0.25) is 11.6 Å². The largest absolute Gasteiger partial charge is 0.376 e. The molecule has 3 heterocycles. The van der Waals surface area contributed by atoms with Crippen LogP contribution < -0.4 is 10.2 Å². The number of rotatable bonds is 4. The molecule has 9 heteroatoms. The monoisotopic (exact) mass is 370 g/mol. The number of anilines is 2. The molecule has 0 spiro atoms. The summed E-state index contributed by atoms with van der Waals surface area (Å²) in [5.41, 5.74) is -0.297. The summed E-state index contributed by atoms with van der Waals surface area (Å²) in [4.78, 5) is 8.94. The normalized spacial score (nSPS) is 20.3. The molecular weight excluding hydrogens is 352 g/mol. The van der Waals surface area contributed by atoms with Gasteiger partial charge in [-0.2, -0.15) is 22.5 Å². The van der Waals surface area contributed by atoms with Gasteiger partial charge in [-0.15, -0.1) is 0 Å². The van der Waals surface area contributed by atoms with Crippen LogP contribution in [0, 0.1) is 23.5 Å². The molecule has 1 N–H and O–H groups in total. The highest BCUT2D eigenvalue weighted by atomic mass is 19.2. The van der Waals surface area contributed by atoms with E-state index in [4.69, 9.17) is 4.74 Å². The van der Waals surface area contributed by atoms with Crippen LogP contribution in [-0.2, 0) is 11.3 Å². The highest BCUT2D eigenvalue weighted by Crippen LogP contribution is 2.23. The van der Waals surface area contributed by atoms with Gasteiger partial charge < -0.3 is 15.0 Å². The molecular formula is C17H18F4N4O. The van der Waals surface area contributed by atoms with Gasteiger partial charge in [0.1, 0.15) is 11.5 Å².